The molecule has 2 unspecified atom stereocenters. The highest BCUT2D eigenvalue weighted by atomic mass is 17.0. The van der Waals surface area contributed by atoms with Crippen LogP contribution < -0.4 is 0 Å². The van der Waals surface area contributed by atoms with Crippen molar-refractivity contribution in [3.63, 3.8) is 0 Å². The van der Waals surface area contributed by atoms with Crippen molar-refractivity contribution < 1.29 is 14.8 Å². The Morgan fingerprint density at radius 2 is 1.04 bits per heavy atom. The topological polar surface area (TPSA) is 38.5 Å². The zero-order chi connectivity index (χ0) is 18.4. The van der Waals surface area contributed by atoms with Crippen LogP contribution >= 0.6 is 0 Å². The highest BCUT2D eigenvalue weighted by Crippen LogP contribution is 2.19. The SMILES string of the molecule is CCCC(CCC(C)C)CO[N+](=O)OCC(CCC)CCC(C)C. The largest absolute Gasteiger partial charge is 0.477 e. The lowest BCUT2D eigenvalue weighted by molar-refractivity contribution is -0.982. The van der Waals surface area contributed by atoms with Gasteiger partial charge < -0.3 is 0 Å². The van der Waals surface area contributed by atoms with E-state index >= 15 is 0 Å². The second-order valence-corrected chi connectivity index (χ2v) is 8.07. The van der Waals surface area contributed by atoms with Crippen molar-refractivity contribution in [2.24, 2.45) is 23.7 Å². The summed E-state index contributed by atoms with van der Waals surface area (Å²) in [5.74, 6) is 2.29. The van der Waals surface area contributed by atoms with E-state index in [9.17, 15) is 4.91 Å². The maximum atomic E-state index is 11.8. The van der Waals surface area contributed by atoms with Gasteiger partial charge in [-0.1, -0.05) is 67.2 Å². The maximum absolute atomic E-state index is 11.8. The van der Waals surface area contributed by atoms with Crippen LogP contribution in [-0.4, -0.2) is 18.3 Å². The molecule has 0 radical (unpaired) electrons. The standard InChI is InChI=1S/C20H42NO3/c1-7-9-19(13-11-17(3)4)15-23-21(22)24-16-20(10-8-2)14-12-18(5)6/h17-20H,7-16H2,1-6H3/q+1. The molecule has 0 aliphatic heterocycles. The molecular weight excluding hydrogens is 302 g/mol. The Morgan fingerprint density at radius 3 is 1.33 bits per heavy atom. The zero-order valence-electron chi connectivity index (χ0n) is 17.1. The summed E-state index contributed by atoms with van der Waals surface area (Å²) >= 11 is 0. The average Bonchev–Trinajstić information content (AvgIpc) is 2.52. The first kappa shape index (κ1) is 23.2. The van der Waals surface area contributed by atoms with Gasteiger partial charge in [0.1, 0.15) is 4.91 Å². The third-order valence-corrected chi connectivity index (χ3v) is 4.53. The van der Waals surface area contributed by atoms with E-state index in [-0.39, 0.29) is 0 Å². The lowest BCUT2D eigenvalue weighted by atomic mass is 9.95. The third-order valence-electron chi connectivity index (χ3n) is 4.53. The minimum Gasteiger partial charge on any atom is -0.186 e. The molecule has 4 nitrogen and oxygen atoms in total. The zero-order valence-corrected chi connectivity index (χ0v) is 17.1. The second kappa shape index (κ2) is 14.5. The molecule has 0 heterocycles. The normalized spacial score (nSPS) is 14.0. The van der Waals surface area contributed by atoms with Gasteiger partial charge in [-0.25, -0.2) is 0 Å². The first-order chi connectivity index (χ1) is 11.4. The van der Waals surface area contributed by atoms with Gasteiger partial charge >= 0.3 is 5.09 Å². The Hall–Kier alpha value is -0.800. The number of hydrogen-bond acceptors (Lipinski definition) is 3. The first-order valence-corrected chi connectivity index (χ1v) is 10.1. The van der Waals surface area contributed by atoms with Gasteiger partial charge in [0.25, 0.3) is 0 Å². The predicted octanol–water partition coefficient (Wildman–Crippen LogP) is 6.33. The Kier molecular flexibility index (Phi) is 14.1. The van der Waals surface area contributed by atoms with Crippen molar-refractivity contribution in [2.75, 3.05) is 13.2 Å². The highest BCUT2D eigenvalue weighted by Gasteiger charge is 2.21. The van der Waals surface area contributed by atoms with Crippen molar-refractivity contribution in [1.82, 2.24) is 0 Å². The van der Waals surface area contributed by atoms with E-state index in [1.165, 1.54) is 12.8 Å². The molecule has 4 heteroatoms. The minimum absolute atomic E-state index is 0.357. The Labute approximate surface area is 150 Å². The van der Waals surface area contributed by atoms with Crippen molar-refractivity contribution in [1.29, 1.82) is 0 Å². The molecule has 0 N–H and O–H groups in total. The van der Waals surface area contributed by atoms with Crippen LogP contribution in [0.25, 0.3) is 0 Å². The lowest BCUT2D eigenvalue weighted by Gasteiger charge is -2.15. The van der Waals surface area contributed by atoms with Crippen LogP contribution in [0.5, 0.6) is 0 Å². The van der Waals surface area contributed by atoms with Crippen molar-refractivity contribution in [2.45, 2.75) is 92.9 Å². The summed E-state index contributed by atoms with van der Waals surface area (Å²) in [6.07, 6.45) is 9.06. The Bertz CT molecular complexity index is 277. The van der Waals surface area contributed by atoms with Gasteiger partial charge in [0, 0.05) is 11.8 Å². The second-order valence-electron chi connectivity index (χ2n) is 8.07. The van der Waals surface area contributed by atoms with Crippen molar-refractivity contribution in [3.05, 3.63) is 4.91 Å². The fourth-order valence-corrected chi connectivity index (χ4v) is 2.95. The quantitative estimate of drug-likeness (QED) is 0.307. The van der Waals surface area contributed by atoms with E-state index in [0.717, 1.165) is 38.5 Å². The molecule has 0 rings (SSSR count). The maximum Gasteiger partial charge on any atom is 0.477 e. The fourth-order valence-electron chi connectivity index (χ4n) is 2.95. The molecule has 144 valence electrons. The van der Waals surface area contributed by atoms with Crippen LogP contribution in [0.2, 0.25) is 0 Å². The minimum atomic E-state index is 0.357. The van der Waals surface area contributed by atoms with E-state index in [0.29, 0.717) is 42.0 Å². The summed E-state index contributed by atoms with van der Waals surface area (Å²) in [7, 11) is 0. The van der Waals surface area contributed by atoms with E-state index in [1.807, 2.05) is 0 Å². The summed E-state index contributed by atoms with van der Waals surface area (Å²) in [6, 6.07) is 0. The van der Waals surface area contributed by atoms with Crippen LogP contribution in [0.3, 0.4) is 0 Å². The van der Waals surface area contributed by atoms with Crippen LogP contribution in [0.15, 0.2) is 0 Å². The monoisotopic (exact) mass is 344 g/mol. The molecule has 0 saturated carbocycles. The van der Waals surface area contributed by atoms with Gasteiger partial charge in [0.15, 0.2) is 13.2 Å². The third kappa shape index (κ3) is 13.6. The van der Waals surface area contributed by atoms with Crippen LogP contribution in [0.4, 0.5) is 0 Å². The summed E-state index contributed by atoms with van der Waals surface area (Å²) in [6.45, 7) is 14.2. The molecule has 24 heavy (non-hydrogen) atoms. The summed E-state index contributed by atoms with van der Waals surface area (Å²) in [4.78, 5) is 22.4. The first-order valence-electron chi connectivity index (χ1n) is 10.1. The molecule has 0 fully saturated rings. The summed E-state index contributed by atoms with van der Waals surface area (Å²) in [5.41, 5.74) is 0. The Morgan fingerprint density at radius 1 is 0.667 bits per heavy atom. The number of rotatable bonds is 16. The van der Waals surface area contributed by atoms with Gasteiger partial charge in [-0.3, -0.25) is 0 Å². The molecule has 0 saturated heterocycles. The van der Waals surface area contributed by atoms with Crippen LogP contribution in [-0.2, 0) is 9.68 Å². The molecule has 0 spiro atoms. The van der Waals surface area contributed by atoms with Crippen LogP contribution in [0, 0.1) is 28.6 Å². The Balaban J connectivity index is 4.09. The molecule has 0 aromatic rings. The van der Waals surface area contributed by atoms with Gasteiger partial charge in [-0.05, 0) is 37.5 Å². The summed E-state index contributed by atoms with van der Waals surface area (Å²) in [5, 5.41) is 0.357. The van der Waals surface area contributed by atoms with Crippen molar-refractivity contribution in [3.8, 4) is 0 Å². The predicted molar refractivity (Wildman–Crippen MR) is 100 cm³/mol. The smallest absolute Gasteiger partial charge is 0.186 e. The van der Waals surface area contributed by atoms with E-state index in [1.54, 1.807) is 0 Å². The lowest BCUT2D eigenvalue weighted by Crippen LogP contribution is -2.21. The van der Waals surface area contributed by atoms with Crippen molar-refractivity contribution >= 4 is 0 Å². The van der Waals surface area contributed by atoms with Gasteiger partial charge in [-0.2, -0.15) is 9.68 Å². The van der Waals surface area contributed by atoms with Gasteiger partial charge in [-0.15, -0.1) is 0 Å². The molecule has 0 aliphatic rings. The molecule has 2 atom stereocenters. The van der Waals surface area contributed by atoms with Gasteiger partial charge in [0.05, 0.1) is 0 Å². The molecule has 0 aliphatic carbocycles. The number of nitrogens with zero attached hydrogens (tertiary/aromatic N) is 1. The molecule has 0 bridgehead atoms. The average molecular weight is 345 g/mol. The molecular formula is C20H42NO3+. The molecule has 0 aromatic carbocycles. The van der Waals surface area contributed by atoms with E-state index < -0.39 is 0 Å². The molecule has 0 amide bonds. The van der Waals surface area contributed by atoms with E-state index in [2.05, 4.69) is 41.5 Å². The highest BCUT2D eigenvalue weighted by molar-refractivity contribution is 4.60. The fraction of sp³-hybridized carbons (Fsp3) is 1.00. The molecule has 0 aromatic heterocycles. The summed E-state index contributed by atoms with van der Waals surface area (Å²) < 4.78 is 0. The number of hydrogen-bond donors (Lipinski definition) is 0. The van der Waals surface area contributed by atoms with Gasteiger partial charge in [0.2, 0.25) is 0 Å². The van der Waals surface area contributed by atoms with E-state index in [4.69, 9.17) is 9.68 Å². The van der Waals surface area contributed by atoms with Crippen LogP contribution in [0.1, 0.15) is 92.9 Å².